The monoisotopic (exact) mass is 483 g/mol. The Balaban J connectivity index is 1.27. The van der Waals surface area contributed by atoms with E-state index in [9.17, 15) is 9.59 Å². The van der Waals surface area contributed by atoms with Crippen molar-refractivity contribution in [1.82, 2.24) is 19.9 Å². The number of piperazine rings is 1. The van der Waals surface area contributed by atoms with Crippen LogP contribution in [-0.4, -0.2) is 71.7 Å². The van der Waals surface area contributed by atoms with Crippen LogP contribution in [0.15, 0.2) is 46.3 Å². The number of aromatic nitrogens is 2. The molecule has 1 aliphatic heterocycles. The third-order valence-electron chi connectivity index (χ3n) is 5.23. The number of ether oxygens (including phenoxy) is 2. The second-order valence-electron chi connectivity index (χ2n) is 7.59. The summed E-state index contributed by atoms with van der Waals surface area (Å²) in [6.07, 6.45) is 3.26. The van der Waals surface area contributed by atoms with E-state index < -0.39 is 5.91 Å². The lowest BCUT2D eigenvalue weighted by Gasteiger charge is -2.33. The Morgan fingerprint density at radius 1 is 1.21 bits per heavy atom. The van der Waals surface area contributed by atoms with Crippen LogP contribution in [0.4, 0.5) is 0 Å². The van der Waals surface area contributed by atoms with Crippen LogP contribution < -0.4 is 15.2 Å². The average Bonchev–Trinajstić information content (AvgIpc) is 3.54. The lowest BCUT2D eigenvalue weighted by molar-refractivity contribution is -0.127. The lowest BCUT2D eigenvalue weighted by Crippen LogP contribution is -2.47. The van der Waals surface area contributed by atoms with Crippen molar-refractivity contribution >= 4 is 29.2 Å². The van der Waals surface area contributed by atoms with Gasteiger partial charge in [0.15, 0.2) is 18.1 Å². The molecule has 0 atom stereocenters. The summed E-state index contributed by atoms with van der Waals surface area (Å²) >= 11 is 1.57. The maximum absolute atomic E-state index is 12.6. The minimum Gasteiger partial charge on any atom is -0.493 e. The zero-order valence-electron chi connectivity index (χ0n) is 18.7. The fraction of sp³-hybridized carbons (Fsp3) is 0.304. The Hall–Kier alpha value is -3.70. The van der Waals surface area contributed by atoms with Crippen molar-refractivity contribution in [2.24, 2.45) is 5.73 Å². The van der Waals surface area contributed by atoms with Crippen molar-refractivity contribution < 1.29 is 23.6 Å². The number of primary amides is 1. The Morgan fingerprint density at radius 3 is 2.74 bits per heavy atom. The molecule has 10 nitrogen and oxygen atoms in total. The predicted octanol–water partition coefficient (Wildman–Crippen LogP) is 2.03. The third-order valence-corrected chi connectivity index (χ3v) is 6.09. The highest BCUT2D eigenvalue weighted by Gasteiger charge is 2.21. The maximum atomic E-state index is 12.6. The zero-order chi connectivity index (χ0) is 23.9. The molecule has 178 valence electrons. The van der Waals surface area contributed by atoms with E-state index in [4.69, 9.17) is 19.7 Å². The minimum absolute atomic E-state index is 0.0644. The number of benzene rings is 1. The van der Waals surface area contributed by atoms with E-state index in [1.165, 1.54) is 7.11 Å². The molecule has 0 bridgehead atoms. The standard InChI is InChI=1S/C23H25N5O5S/c1-31-18-13-16(4-6-17(18)32-15-20(24)29)5-7-22(30)28-10-8-27(9-11-28)14-21-25-23(26-33-21)19-3-2-12-34-19/h2-7,12-13H,8-11,14-15H2,1H3,(H2,24,29)/b7-5+. The molecule has 3 aromatic rings. The molecule has 0 radical (unpaired) electrons. The molecule has 0 unspecified atom stereocenters. The zero-order valence-corrected chi connectivity index (χ0v) is 19.5. The van der Waals surface area contributed by atoms with Crippen LogP contribution in [0, 0.1) is 0 Å². The topological polar surface area (TPSA) is 124 Å². The molecule has 0 saturated carbocycles. The number of thiophene rings is 1. The number of rotatable bonds is 9. The quantitative estimate of drug-likeness (QED) is 0.459. The van der Waals surface area contributed by atoms with Crippen LogP contribution in [-0.2, 0) is 16.1 Å². The summed E-state index contributed by atoms with van der Waals surface area (Å²) in [5, 5.41) is 6.02. The van der Waals surface area contributed by atoms with Gasteiger partial charge >= 0.3 is 0 Å². The third kappa shape index (κ3) is 6.00. The van der Waals surface area contributed by atoms with E-state index in [-0.39, 0.29) is 12.5 Å². The van der Waals surface area contributed by atoms with Crippen LogP contribution in [0.25, 0.3) is 16.8 Å². The number of hydrogen-bond donors (Lipinski definition) is 1. The first kappa shape index (κ1) is 23.5. The van der Waals surface area contributed by atoms with Gasteiger partial charge in [-0.15, -0.1) is 11.3 Å². The fourth-order valence-electron chi connectivity index (χ4n) is 3.47. The molecule has 2 aromatic heterocycles. The Labute approximate surface area is 200 Å². The van der Waals surface area contributed by atoms with E-state index >= 15 is 0 Å². The van der Waals surface area contributed by atoms with Gasteiger partial charge in [0.2, 0.25) is 17.6 Å². The molecule has 1 fully saturated rings. The second-order valence-corrected chi connectivity index (χ2v) is 8.54. The molecule has 2 N–H and O–H groups in total. The van der Waals surface area contributed by atoms with Crippen LogP contribution in [0.3, 0.4) is 0 Å². The fourth-order valence-corrected chi connectivity index (χ4v) is 4.12. The van der Waals surface area contributed by atoms with Crippen LogP contribution in [0.5, 0.6) is 11.5 Å². The smallest absolute Gasteiger partial charge is 0.255 e. The number of carbonyl (C=O) groups excluding carboxylic acids is 2. The summed E-state index contributed by atoms with van der Waals surface area (Å²) in [6, 6.07) is 9.08. The van der Waals surface area contributed by atoms with Gasteiger partial charge in [0, 0.05) is 32.3 Å². The van der Waals surface area contributed by atoms with Gasteiger partial charge in [0.25, 0.3) is 5.91 Å². The molecule has 1 saturated heterocycles. The molecule has 0 spiro atoms. The number of amides is 2. The van der Waals surface area contributed by atoms with Crippen LogP contribution in [0.2, 0.25) is 0 Å². The van der Waals surface area contributed by atoms with Crippen LogP contribution >= 0.6 is 11.3 Å². The normalized spacial score (nSPS) is 14.4. The number of hydrogen-bond acceptors (Lipinski definition) is 9. The Kier molecular flexibility index (Phi) is 7.55. The summed E-state index contributed by atoms with van der Waals surface area (Å²) in [4.78, 5) is 33.0. The number of carbonyl (C=O) groups is 2. The highest BCUT2D eigenvalue weighted by Crippen LogP contribution is 2.28. The lowest BCUT2D eigenvalue weighted by atomic mass is 10.2. The van der Waals surface area contributed by atoms with E-state index in [1.807, 2.05) is 17.5 Å². The molecule has 11 heteroatoms. The average molecular weight is 484 g/mol. The van der Waals surface area contributed by atoms with Gasteiger partial charge in [-0.3, -0.25) is 14.5 Å². The Bertz CT molecular complexity index is 1150. The Morgan fingerprint density at radius 2 is 2.03 bits per heavy atom. The summed E-state index contributed by atoms with van der Waals surface area (Å²) in [5.74, 6) is 1.40. The van der Waals surface area contributed by atoms with Crippen molar-refractivity contribution in [2.75, 3.05) is 39.9 Å². The highest BCUT2D eigenvalue weighted by atomic mass is 32.1. The minimum atomic E-state index is -0.572. The van der Waals surface area contributed by atoms with Gasteiger partial charge in [-0.1, -0.05) is 17.3 Å². The molecule has 3 heterocycles. The van der Waals surface area contributed by atoms with Crippen LogP contribution in [0.1, 0.15) is 11.5 Å². The van der Waals surface area contributed by atoms with Gasteiger partial charge in [-0.05, 0) is 35.2 Å². The molecular weight excluding hydrogens is 458 g/mol. The number of methoxy groups -OCH3 is 1. The highest BCUT2D eigenvalue weighted by molar-refractivity contribution is 7.13. The van der Waals surface area contributed by atoms with Crippen molar-refractivity contribution in [3.8, 4) is 22.2 Å². The second kappa shape index (κ2) is 10.9. The van der Waals surface area contributed by atoms with Crippen molar-refractivity contribution in [1.29, 1.82) is 0 Å². The van der Waals surface area contributed by atoms with E-state index in [1.54, 1.807) is 46.6 Å². The summed E-state index contributed by atoms with van der Waals surface area (Å²) < 4.78 is 16.0. The van der Waals surface area contributed by atoms with E-state index in [2.05, 4.69) is 15.0 Å². The van der Waals surface area contributed by atoms with Crippen molar-refractivity contribution in [3.63, 3.8) is 0 Å². The van der Waals surface area contributed by atoms with Crippen molar-refractivity contribution in [2.45, 2.75) is 6.54 Å². The van der Waals surface area contributed by atoms with Gasteiger partial charge in [-0.25, -0.2) is 0 Å². The molecular formula is C23H25N5O5S. The predicted molar refractivity (Wildman–Crippen MR) is 126 cm³/mol. The van der Waals surface area contributed by atoms with Gasteiger partial charge in [0.05, 0.1) is 18.5 Å². The first-order chi connectivity index (χ1) is 16.5. The summed E-state index contributed by atoms with van der Waals surface area (Å²) in [5.41, 5.74) is 5.88. The van der Waals surface area contributed by atoms with Gasteiger partial charge in [-0.2, -0.15) is 4.98 Å². The molecule has 0 aliphatic carbocycles. The molecule has 1 aromatic carbocycles. The first-order valence-electron chi connectivity index (χ1n) is 10.7. The van der Waals surface area contributed by atoms with Crippen molar-refractivity contribution in [3.05, 3.63) is 53.2 Å². The SMILES string of the molecule is COc1cc(/C=C/C(=O)N2CCN(Cc3nc(-c4cccs4)no3)CC2)ccc1OCC(N)=O. The molecule has 1 aliphatic rings. The molecule has 34 heavy (non-hydrogen) atoms. The van der Waals surface area contributed by atoms with E-state index in [0.717, 1.165) is 23.5 Å². The largest absolute Gasteiger partial charge is 0.493 e. The van der Waals surface area contributed by atoms with Gasteiger partial charge in [0.1, 0.15) is 0 Å². The number of nitrogens with zero attached hydrogens (tertiary/aromatic N) is 4. The first-order valence-corrected chi connectivity index (χ1v) is 11.5. The molecule has 4 rings (SSSR count). The summed E-state index contributed by atoms with van der Waals surface area (Å²) in [7, 11) is 1.50. The molecule has 2 amide bonds. The number of nitrogens with two attached hydrogens (primary N) is 1. The van der Waals surface area contributed by atoms with E-state index in [0.29, 0.717) is 42.8 Å². The summed E-state index contributed by atoms with van der Waals surface area (Å²) in [6.45, 7) is 2.97. The van der Waals surface area contributed by atoms with Gasteiger partial charge < -0.3 is 24.6 Å². The maximum Gasteiger partial charge on any atom is 0.255 e.